The van der Waals surface area contributed by atoms with E-state index in [2.05, 4.69) is 11.2 Å². The molecule has 0 aliphatic rings. The van der Waals surface area contributed by atoms with Crippen LogP contribution in [0, 0.1) is 6.92 Å². The van der Waals surface area contributed by atoms with Crippen molar-refractivity contribution in [1.82, 2.24) is 9.78 Å². The number of aromatic nitrogens is 2. The predicted octanol–water partition coefficient (Wildman–Crippen LogP) is 2.73. The Morgan fingerprint density at radius 3 is 2.56 bits per heavy atom. The van der Waals surface area contributed by atoms with Crippen molar-refractivity contribution in [1.29, 1.82) is 0 Å². The van der Waals surface area contributed by atoms with Crippen LogP contribution in [0.5, 0.6) is 0 Å². The lowest BCUT2D eigenvalue weighted by atomic mass is 10.1. The van der Waals surface area contributed by atoms with Gasteiger partial charge in [0.2, 0.25) is 0 Å². The Morgan fingerprint density at radius 2 is 2.00 bits per heavy atom. The van der Waals surface area contributed by atoms with Gasteiger partial charge in [-0.25, -0.2) is 0 Å². The lowest BCUT2D eigenvalue weighted by molar-refractivity contribution is 0.518. The molecule has 0 unspecified atom stereocenters. The van der Waals surface area contributed by atoms with Gasteiger partial charge in [0.25, 0.3) is 5.56 Å². The summed E-state index contributed by atoms with van der Waals surface area (Å²) in [6.07, 6.45) is 0. The van der Waals surface area contributed by atoms with Crippen LogP contribution in [0.3, 0.4) is 0 Å². The van der Waals surface area contributed by atoms with Gasteiger partial charge in [0, 0.05) is 12.1 Å². The van der Waals surface area contributed by atoms with Crippen molar-refractivity contribution in [3.63, 3.8) is 0 Å². The largest absolute Gasteiger partial charge is 0.295 e. The van der Waals surface area contributed by atoms with E-state index in [1.165, 1.54) is 5.56 Å². The average molecular weight is 216 g/mol. The van der Waals surface area contributed by atoms with Gasteiger partial charge in [-0.05, 0) is 32.4 Å². The van der Waals surface area contributed by atoms with Crippen molar-refractivity contribution < 1.29 is 0 Å². The summed E-state index contributed by atoms with van der Waals surface area (Å²) >= 11 is 0. The summed E-state index contributed by atoms with van der Waals surface area (Å²) in [6, 6.07) is 9.91. The summed E-state index contributed by atoms with van der Waals surface area (Å²) in [7, 11) is 0. The third-order valence-corrected chi connectivity index (χ3v) is 2.59. The number of nitrogens with one attached hydrogen (secondary N) is 1. The minimum absolute atomic E-state index is 0.0199. The van der Waals surface area contributed by atoms with E-state index in [4.69, 9.17) is 0 Å². The summed E-state index contributed by atoms with van der Waals surface area (Å²) in [5.74, 6) is 0. The lowest BCUT2D eigenvalue weighted by Crippen LogP contribution is -2.17. The number of hydrogen-bond acceptors (Lipinski definition) is 1. The minimum atomic E-state index is 0.0199. The number of H-pyrrole nitrogens is 1. The van der Waals surface area contributed by atoms with Crippen LogP contribution >= 0.6 is 0 Å². The molecule has 0 atom stereocenters. The van der Waals surface area contributed by atoms with Gasteiger partial charge in [-0.3, -0.25) is 14.6 Å². The van der Waals surface area contributed by atoms with E-state index in [0.717, 1.165) is 11.3 Å². The lowest BCUT2D eigenvalue weighted by Gasteiger charge is -2.05. The van der Waals surface area contributed by atoms with Crippen LogP contribution in [0.4, 0.5) is 0 Å². The standard InChI is InChI=1S/C13H16N2O/c1-9(2)15-13(16)8-12(14-15)11-6-4-5-10(3)7-11/h4-9,14H,1-3H3. The molecule has 0 fully saturated rings. The molecule has 0 saturated heterocycles. The molecule has 0 bridgehead atoms. The molecule has 84 valence electrons. The Hall–Kier alpha value is -1.77. The Balaban J connectivity index is 2.50. The normalized spacial score (nSPS) is 11.0. The van der Waals surface area contributed by atoms with Crippen molar-refractivity contribution in [2.75, 3.05) is 0 Å². The van der Waals surface area contributed by atoms with Crippen molar-refractivity contribution in [2.45, 2.75) is 26.8 Å². The SMILES string of the molecule is Cc1cccc(-c2cc(=O)n(C(C)C)[nH]2)c1. The summed E-state index contributed by atoms with van der Waals surface area (Å²) < 4.78 is 1.64. The first-order chi connectivity index (χ1) is 7.58. The van der Waals surface area contributed by atoms with Gasteiger partial charge in [0.1, 0.15) is 0 Å². The third kappa shape index (κ3) is 1.94. The molecule has 0 spiro atoms. The van der Waals surface area contributed by atoms with Crippen LogP contribution in [0.15, 0.2) is 35.1 Å². The summed E-state index contributed by atoms with van der Waals surface area (Å²) in [4.78, 5) is 11.7. The molecular formula is C13H16N2O. The maximum absolute atomic E-state index is 11.7. The molecule has 1 heterocycles. The fourth-order valence-corrected chi connectivity index (χ4v) is 1.75. The third-order valence-electron chi connectivity index (χ3n) is 2.59. The molecule has 2 rings (SSSR count). The molecule has 1 aromatic carbocycles. The number of rotatable bonds is 2. The van der Waals surface area contributed by atoms with Crippen LogP contribution in [0.25, 0.3) is 11.3 Å². The number of benzene rings is 1. The van der Waals surface area contributed by atoms with E-state index in [-0.39, 0.29) is 11.6 Å². The number of hydrogen-bond donors (Lipinski definition) is 1. The van der Waals surface area contributed by atoms with Crippen molar-refractivity contribution in [2.24, 2.45) is 0 Å². The van der Waals surface area contributed by atoms with Crippen LogP contribution in [0.1, 0.15) is 25.5 Å². The van der Waals surface area contributed by atoms with Gasteiger partial charge in [-0.2, -0.15) is 0 Å². The molecule has 1 N–H and O–H groups in total. The molecule has 0 radical (unpaired) electrons. The molecule has 3 heteroatoms. The highest BCUT2D eigenvalue weighted by molar-refractivity contribution is 5.59. The van der Waals surface area contributed by atoms with Gasteiger partial charge in [-0.15, -0.1) is 0 Å². The highest BCUT2D eigenvalue weighted by atomic mass is 16.1. The van der Waals surface area contributed by atoms with E-state index in [0.29, 0.717) is 0 Å². The Labute approximate surface area is 94.7 Å². The number of aryl methyl sites for hydroxylation is 1. The Bertz CT molecular complexity index is 549. The van der Waals surface area contributed by atoms with Gasteiger partial charge < -0.3 is 0 Å². The topological polar surface area (TPSA) is 37.8 Å². The average Bonchev–Trinajstić information content (AvgIpc) is 2.60. The summed E-state index contributed by atoms with van der Waals surface area (Å²) in [5, 5.41) is 3.13. The smallest absolute Gasteiger partial charge is 0.267 e. The van der Waals surface area contributed by atoms with Crippen LogP contribution in [-0.4, -0.2) is 9.78 Å². The maximum Gasteiger partial charge on any atom is 0.267 e. The van der Waals surface area contributed by atoms with Gasteiger partial charge >= 0.3 is 0 Å². The van der Waals surface area contributed by atoms with E-state index >= 15 is 0 Å². The molecular weight excluding hydrogens is 200 g/mol. The molecule has 0 aliphatic heterocycles. The van der Waals surface area contributed by atoms with Gasteiger partial charge in [0.15, 0.2) is 0 Å². The first-order valence-corrected chi connectivity index (χ1v) is 5.46. The number of aromatic amines is 1. The fourth-order valence-electron chi connectivity index (χ4n) is 1.75. The Kier molecular flexibility index (Phi) is 2.69. The second kappa shape index (κ2) is 4.00. The first kappa shape index (κ1) is 10.7. The highest BCUT2D eigenvalue weighted by Crippen LogP contribution is 2.17. The summed E-state index contributed by atoms with van der Waals surface area (Å²) in [6.45, 7) is 6.01. The second-order valence-electron chi connectivity index (χ2n) is 4.34. The number of nitrogens with zero attached hydrogens (tertiary/aromatic N) is 1. The maximum atomic E-state index is 11.7. The molecule has 3 nitrogen and oxygen atoms in total. The van der Waals surface area contributed by atoms with Crippen LogP contribution in [-0.2, 0) is 0 Å². The predicted molar refractivity (Wildman–Crippen MR) is 65.6 cm³/mol. The second-order valence-corrected chi connectivity index (χ2v) is 4.34. The molecule has 16 heavy (non-hydrogen) atoms. The minimum Gasteiger partial charge on any atom is -0.295 e. The van der Waals surface area contributed by atoms with E-state index in [1.54, 1.807) is 10.7 Å². The zero-order chi connectivity index (χ0) is 11.7. The monoisotopic (exact) mass is 216 g/mol. The molecule has 0 aliphatic carbocycles. The first-order valence-electron chi connectivity index (χ1n) is 5.46. The van der Waals surface area contributed by atoms with Gasteiger partial charge in [0.05, 0.1) is 5.69 Å². The van der Waals surface area contributed by atoms with Crippen molar-refractivity contribution in [3.05, 3.63) is 46.2 Å². The van der Waals surface area contributed by atoms with Crippen LogP contribution < -0.4 is 5.56 Å². The van der Waals surface area contributed by atoms with E-state index in [9.17, 15) is 4.79 Å². The van der Waals surface area contributed by atoms with Crippen molar-refractivity contribution >= 4 is 0 Å². The summed E-state index contributed by atoms with van der Waals surface area (Å²) in [5.41, 5.74) is 3.14. The van der Waals surface area contributed by atoms with Crippen LogP contribution in [0.2, 0.25) is 0 Å². The van der Waals surface area contributed by atoms with Crippen molar-refractivity contribution in [3.8, 4) is 11.3 Å². The quantitative estimate of drug-likeness (QED) is 0.823. The zero-order valence-corrected chi connectivity index (χ0v) is 9.82. The molecule has 0 amide bonds. The van der Waals surface area contributed by atoms with Gasteiger partial charge in [-0.1, -0.05) is 23.8 Å². The van der Waals surface area contributed by atoms with E-state index in [1.807, 2.05) is 39.0 Å². The highest BCUT2D eigenvalue weighted by Gasteiger charge is 2.07. The molecule has 2 aromatic rings. The molecule has 1 aromatic heterocycles. The zero-order valence-electron chi connectivity index (χ0n) is 9.82. The molecule has 0 saturated carbocycles. The Morgan fingerprint density at radius 1 is 1.25 bits per heavy atom. The van der Waals surface area contributed by atoms with E-state index < -0.39 is 0 Å². The fraction of sp³-hybridized carbons (Fsp3) is 0.308.